The average molecular weight is 281 g/mol. The quantitative estimate of drug-likeness (QED) is 0.806. The Morgan fingerprint density at radius 1 is 1.53 bits per heavy atom. The zero-order valence-corrected chi connectivity index (χ0v) is 11.9. The predicted octanol–water partition coefficient (Wildman–Crippen LogP) is 2.21. The largest absolute Gasteiger partial charge is 0.463 e. The highest BCUT2D eigenvalue weighted by Gasteiger charge is 2.17. The SMILES string of the molecule is CCc1oc(C(=O)OC)cc1Cn1c(C)csc1=O. The van der Waals surface area contributed by atoms with E-state index in [1.165, 1.54) is 18.4 Å². The highest BCUT2D eigenvalue weighted by Crippen LogP contribution is 2.19. The van der Waals surface area contributed by atoms with Crippen LogP contribution in [0, 0.1) is 6.92 Å². The van der Waals surface area contributed by atoms with Gasteiger partial charge in [-0.2, -0.15) is 0 Å². The molecule has 0 aliphatic carbocycles. The zero-order valence-electron chi connectivity index (χ0n) is 11.1. The second kappa shape index (κ2) is 5.44. The summed E-state index contributed by atoms with van der Waals surface area (Å²) in [7, 11) is 1.31. The van der Waals surface area contributed by atoms with Gasteiger partial charge in [-0.1, -0.05) is 18.3 Å². The van der Waals surface area contributed by atoms with Gasteiger partial charge in [-0.05, 0) is 13.0 Å². The number of aryl methyl sites for hydroxylation is 2. The molecule has 0 bridgehead atoms. The number of carbonyl (C=O) groups is 1. The van der Waals surface area contributed by atoms with Gasteiger partial charge in [-0.15, -0.1) is 0 Å². The Morgan fingerprint density at radius 3 is 2.79 bits per heavy atom. The molecule has 2 rings (SSSR count). The lowest BCUT2D eigenvalue weighted by Crippen LogP contribution is -2.15. The highest BCUT2D eigenvalue weighted by atomic mass is 32.1. The van der Waals surface area contributed by atoms with Crippen LogP contribution >= 0.6 is 11.3 Å². The lowest BCUT2D eigenvalue weighted by Gasteiger charge is -2.03. The Morgan fingerprint density at radius 2 is 2.26 bits per heavy atom. The number of esters is 1. The minimum absolute atomic E-state index is 0.0135. The van der Waals surface area contributed by atoms with Crippen LogP contribution in [-0.2, 0) is 17.7 Å². The van der Waals surface area contributed by atoms with Gasteiger partial charge in [-0.3, -0.25) is 9.36 Å². The van der Waals surface area contributed by atoms with Gasteiger partial charge in [0.05, 0.1) is 13.7 Å². The smallest absolute Gasteiger partial charge is 0.373 e. The lowest BCUT2D eigenvalue weighted by molar-refractivity contribution is 0.0563. The van der Waals surface area contributed by atoms with E-state index in [-0.39, 0.29) is 10.6 Å². The van der Waals surface area contributed by atoms with Crippen molar-refractivity contribution in [3.8, 4) is 0 Å². The minimum atomic E-state index is -0.504. The Hall–Kier alpha value is -1.82. The molecule has 0 unspecified atom stereocenters. The van der Waals surface area contributed by atoms with Crippen molar-refractivity contribution in [1.29, 1.82) is 0 Å². The Labute approximate surface area is 114 Å². The molecule has 0 spiro atoms. The number of hydrogen-bond acceptors (Lipinski definition) is 5. The van der Waals surface area contributed by atoms with Gasteiger partial charge < -0.3 is 9.15 Å². The third kappa shape index (κ3) is 2.63. The minimum Gasteiger partial charge on any atom is -0.463 e. The van der Waals surface area contributed by atoms with E-state index in [2.05, 4.69) is 4.74 Å². The molecule has 0 saturated heterocycles. The molecule has 102 valence electrons. The monoisotopic (exact) mass is 281 g/mol. The first-order valence-electron chi connectivity index (χ1n) is 5.91. The standard InChI is InChI=1S/C13H15NO4S/c1-4-10-9(5-11(18-10)12(15)17-3)6-14-8(2)7-19-13(14)16/h5,7H,4,6H2,1-3H3. The van der Waals surface area contributed by atoms with Crippen molar-refractivity contribution in [2.24, 2.45) is 0 Å². The number of hydrogen-bond donors (Lipinski definition) is 0. The molecule has 0 atom stereocenters. The van der Waals surface area contributed by atoms with Crippen molar-refractivity contribution in [3.05, 3.63) is 43.9 Å². The molecule has 0 fully saturated rings. The van der Waals surface area contributed by atoms with Gasteiger partial charge in [0, 0.05) is 23.1 Å². The van der Waals surface area contributed by atoms with Crippen LogP contribution in [0.5, 0.6) is 0 Å². The van der Waals surface area contributed by atoms with Gasteiger partial charge in [0.1, 0.15) is 5.76 Å². The van der Waals surface area contributed by atoms with Gasteiger partial charge in [0.25, 0.3) is 0 Å². The summed E-state index contributed by atoms with van der Waals surface area (Å²) < 4.78 is 11.8. The molecule has 0 aliphatic rings. The van der Waals surface area contributed by atoms with E-state index in [1.54, 1.807) is 10.6 Å². The summed E-state index contributed by atoms with van der Waals surface area (Å²) in [6, 6.07) is 1.65. The normalized spacial score (nSPS) is 10.7. The second-order valence-electron chi connectivity index (χ2n) is 4.13. The maximum Gasteiger partial charge on any atom is 0.373 e. The predicted molar refractivity (Wildman–Crippen MR) is 71.8 cm³/mol. The molecule has 0 aliphatic heterocycles. The third-order valence-corrected chi connectivity index (χ3v) is 3.79. The maximum atomic E-state index is 11.7. The van der Waals surface area contributed by atoms with Crippen LogP contribution in [0.1, 0.15) is 34.5 Å². The molecule has 0 aromatic carbocycles. The number of thiazole rings is 1. The number of aromatic nitrogens is 1. The summed E-state index contributed by atoms with van der Waals surface area (Å²) in [4.78, 5) is 23.1. The molecule has 2 aromatic rings. The summed E-state index contributed by atoms with van der Waals surface area (Å²) in [5, 5.41) is 1.81. The summed E-state index contributed by atoms with van der Waals surface area (Å²) in [5.74, 6) is 0.378. The fourth-order valence-corrected chi connectivity index (χ4v) is 2.60. The first kappa shape index (κ1) is 13.6. The van der Waals surface area contributed by atoms with Crippen molar-refractivity contribution in [3.63, 3.8) is 0 Å². The molecule has 2 aromatic heterocycles. The van der Waals surface area contributed by atoms with Crippen LogP contribution in [-0.4, -0.2) is 17.6 Å². The van der Waals surface area contributed by atoms with Crippen molar-refractivity contribution in [2.45, 2.75) is 26.8 Å². The van der Waals surface area contributed by atoms with Crippen molar-refractivity contribution < 1.29 is 13.9 Å². The molecule has 5 nitrogen and oxygen atoms in total. The van der Waals surface area contributed by atoms with Gasteiger partial charge in [0.15, 0.2) is 0 Å². The third-order valence-electron chi connectivity index (χ3n) is 2.91. The van der Waals surface area contributed by atoms with E-state index in [4.69, 9.17) is 4.42 Å². The Balaban J connectivity index is 2.37. The molecule has 0 saturated carbocycles. The van der Waals surface area contributed by atoms with Crippen LogP contribution in [0.3, 0.4) is 0 Å². The van der Waals surface area contributed by atoms with E-state index < -0.39 is 5.97 Å². The number of rotatable bonds is 4. The van der Waals surface area contributed by atoms with Crippen LogP contribution in [0.2, 0.25) is 0 Å². The Kier molecular flexibility index (Phi) is 3.90. The van der Waals surface area contributed by atoms with Crippen LogP contribution in [0.25, 0.3) is 0 Å². The van der Waals surface area contributed by atoms with Crippen LogP contribution < -0.4 is 4.87 Å². The van der Waals surface area contributed by atoms with Gasteiger partial charge in [0.2, 0.25) is 5.76 Å². The first-order valence-corrected chi connectivity index (χ1v) is 6.79. The summed E-state index contributed by atoms with van der Waals surface area (Å²) in [5.41, 5.74) is 1.74. The summed E-state index contributed by atoms with van der Waals surface area (Å²) in [6.45, 7) is 4.23. The average Bonchev–Trinajstić information content (AvgIpc) is 2.96. The lowest BCUT2D eigenvalue weighted by atomic mass is 10.2. The molecule has 6 heteroatoms. The topological polar surface area (TPSA) is 61.4 Å². The van der Waals surface area contributed by atoms with Gasteiger partial charge >= 0.3 is 10.8 Å². The second-order valence-corrected chi connectivity index (χ2v) is 4.95. The molecule has 0 radical (unpaired) electrons. The fourth-order valence-electron chi connectivity index (χ4n) is 1.87. The van der Waals surface area contributed by atoms with Crippen molar-refractivity contribution in [1.82, 2.24) is 4.57 Å². The van der Waals surface area contributed by atoms with E-state index in [1.807, 2.05) is 19.2 Å². The van der Waals surface area contributed by atoms with E-state index in [0.717, 1.165) is 11.3 Å². The van der Waals surface area contributed by atoms with Crippen LogP contribution in [0.15, 0.2) is 20.7 Å². The number of carbonyl (C=O) groups excluding carboxylic acids is 1. The summed E-state index contributed by atoms with van der Waals surface area (Å²) in [6.07, 6.45) is 0.657. The van der Waals surface area contributed by atoms with E-state index in [9.17, 15) is 9.59 Å². The fraction of sp³-hybridized carbons (Fsp3) is 0.385. The number of furan rings is 1. The maximum absolute atomic E-state index is 11.7. The van der Waals surface area contributed by atoms with Crippen molar-refractivity contribution >= 4 is 17.3 Å². The Bertz CT molecular complexity index is 650. The molecule has 0 N–H and O–H groups in total. The first-order chi connectivity index (χ1) is 9.06. The number of methoxy groups -OCH3 is 1. The summed E-state index contributed by atoms with van der Waals surface area (Å²) >= 11 is 1.17. The molecular weight excluding hydrogens is 266 g/mol. The zero-order chi connectivity index (χ0) is 14.0. The molecule has 19 heavy (non-hydrogen) atoms. The van der Waals surface area contributed by atoms with E-state index in [0.29, 0.717) is 18.7 Å². The number of ether oxygens (including phenoxy) is 1. The van der Waals surface area contributed by atoms with Crippen molar-refractivity contribution in [2.75, 3.05) is 7.11 Å². The van der Waals surface area contributed by atoms with Crippen LogP contribution in [0.4, 0.5) is 0 Å². The molecule has 0 amide bonds. The molecule has 2 heterocycles. The molecular formula is C13H15NO4S. The number of nitrogens with zero attached hydrogens (tertiary/aromatic N) is 1. The highest BCUT2D eigenvalue weighted by molar-refractivity contribution is 7.07. The van der Waals surface area contributed by atoms with Gasteiger partial charge in [-0.25, -0.2) is 4.79 Å². The van der Waals surface area contributed by atoms with E-state index >= 15 is 0 Å².